The minimum Gasteiger partial charge on any atom is -0.351 e. The van der Waals surface area contributed by atoms with E-state index in [-0.39, 0.29) is 11.8 Å². The van der Waals surface area contributed by atoms with E-state index in [2.05, 4.69) is 16.0 Å². The predicted molar refractivity (Wildman–Crippen MR) is 85.4 cm³/mol. The Hall–Kier alpha value is -1.88. The van der Waals surface area contributed by atoms with Crippen LogP contribution in [0.5, 0.6) is 0 Å². The number of rotatable bonds is 6. The minimum absolute atomic E-state index is 0.115. The van der Waals surface area contributed by atoms with Crippen molar-refractivity contribution in [2.75, 3.05) is 25.0 Å². The van der Waals surface area contributed by atoms with E-state index >= 15 is 0 Å². The van der Waals surface area contributed by atoms with Crippen LogP contribution in [0.1, 0.15) is 38.1 Å². The van der Waals surface area contributed by atoms with E-state index < -0.39 is 5.41 Å². The predicted octanol–water partition coefficient (Wildman–Crippen LogP) is 2.01. The highest BCUT2D eigenvalue weighted by molar-refractivity contribution is 6.04. The van der Waals surface area contributed by atoms with Crippen LogP contribution in [0.15, 0.2) is 24.3 Å². The monoisotopic (exact) mass is 291 g/mol. The van der Waals surface area contributed by atoms with Crippen molar-refractivity contribution in [3.8, 4) is 0 Å². The van der Waals surface area contributed by atoms with E-state index in [9.17, 15) is 9.59 Å². The van der Waals surface area contributed by atoms with E-state index in [1.807, 2.05) is 27.7 Å². The number of amides is 2. The Morgan fingerprint density at radius 2 is 1.76 bits per heavy atom. The first-order valence-corrected chi connectivity index (χ1v) is 7.25. The van der Waals surface area contributed by atoms with Crippen LogP contribution in [0, 0.1) is 5.41 Å². The van der Waals surface area contributed by atoms with E-state index in [0.29, 0.717) is 17.8 Å². The van der Waals surface area contributed by atoms with Crippen molar-refractivity contribution in [2.24, 2.45) is 5.41 Å². The van der Waals surface area contributed by atoms with Crippen molar-refractivity contribution in [3.63, 3.8) is 0 Å². The van der Waals surface area contributed by atoms with Gasteiger partial charge in [-0.25, -0.2) is 0 Å². The molecule has 0 saturated heterocycles. The number of carbonyl (C=O) groups is 2. The molecular formula is C16H25N3O2. The second-order valence-electron chi connectivity index (χ2n) is 5.86. The lowest BCUT2D eigenvalue weighted by molar-refractivity contribution is -0.123. The number of nitrogens with one attached hydrogen (secondary N) is 3. The fraction of sp³-hybridized carbons (Fsp3) is 0.500. The van der Waals surface area contributed by atoms with Crippen LogP contribution in [0.2, 0.25) is 0 Å². The zero-order valence-corrected chi connectivity index (χ0v) is 13.2. The van der Waals surface area contributed by atoms with Gasteiger partial charge in [0.1, 0.15) is 0 Å². The number of likely N-dealkylation sites (N-methyl/N-ethyl adjacent to an activating group) is 1. The van der Waals surface area contributed by atoms with Gasteiger partial charge in [0, 0.05) is 18.5 Å². The molecule has 5 heteroatoms. The van der Waals surface area contributed by atoms with E-state index in [1.165, 1.54) is 0 Å². The quantitative estimate of drug-likeness (QED) is 0.702. The van der Waals surface area contributed by atoms with Gasteiger partial charge in [-0.15, -0.1) is 0 Å². The van der Waals surface area contributed by atoms with Gasteiger partial charge in [-0.1, -0.05) is 39.8 Å². The molecule has 1 aromatic rings. The smallest absolute Gasteiger partial charge is 0.253 e. The van der Waals surface area contributed by atoms with Gasteiger partial charge in [0.25, 0.3) is 5.91 Å². The molecule has 0 heterocycles. The summed E-state index contributed by atoms with van der Waals surface area (Å²) in [4.78, 5) is 24.2. The SMILES string of the molecule is CCNCCNC(=O)c1ccccc1NC(=O)C(C)(C)C. The van der Waals surface area contributed by atoms with Crippen molar-refractivity contribution >= 4 is 17.5 Å². The fourth-order valence-corrected chi connectivity index (χ4v) is 1.64. The molecule has 3 N–H and O–H groups in total. The minimum atomic E-state index is -0.505. The Kier molecular flexibility index (Phi) is 6.37. The first-order chi connectivity index (χ1) is 9.86. The summed E-state index contributed by atoms with van der Waals surface area (Å²) in [5, 5.41) is 8.79. The standard InChI is InChI=1S/C16H25N3O2/c1-5-17-10-11-18-14(20)12-8-6-7-9-13(12)19-15(21)16(2,3)4/h6-9,17H,5,10-11H2,1-4H3,(H,18,20)(H,19,21). The number of benzene rings is 1. The van der Waals surface area contributed by atoms with Crippen molar-refractivity contribution in [1.29, 1.82) is 0 Å². The molecule has 0 bridgehead atoms. The third kappa shape index (κ3) is 5.55. The van der Waals surface area contributed by atoms with Crippen LogP contribution in [-0.4, -0.2) is 31.4 Å². The Morgan fingerprint density at radius 3 is 2.38 bits per heavy atom. The second-order valence-corrected chi connectivity index (χ2v) is 5.86. The summed E-state index contributed by atoms with van der Waals surface area (Å²) in [6, 6.07) is 7.03. The van der Waals surface area contributed by atoms with Crippen molar-refractivity contribution in [3.05, 3.63) is 29.8 Å². The molecule has 0 saturated carbocycles. The Balaban J connectivity index is 2.75. The fourth-order valence-electron chi connectivity index (χ4n) is 1.64. The Labute approximate surface area is 126 Å². The Morgan fingerprint density at radius 1 is 1.10 bits per heavy atom. The van der Waals surface area contributed by atoms with Crippen molar-refractivity contribution in [1.82, 2.24) is 10.6 Å². The van der Waals surface area contributed by atoms with Gasteiger partial charge in [-0.3, -0.25) is 9.59 Å². The molecule has 0 aliphatic rings. The molecule has 21 heavy (non-hydrogen) atoms. The summed E-state index contributed by atoms with van der Waals surface area (Å²) >= 11 is 0. The number of hydrogen-bond donors (Lipinski definition) is 3. The first-order valence-electron chi connectivity index (χ1n) is 7.25. The van der Waals surface area contributed by atoms with Gasteiger partial charge in [0.05, 0.1) is 11.3 Å². The number of anilines is 1. The molecule has 0 spiro atoms. The lowest BCUT2D eigenvalue weighted by atomic mass is 9.95. The van der Waals surface area contributed by atoms with Gasteiger partial charge < -0.3 is 16.0 Å². The van der Waals surface area contributed by atoms with Gasteiger partial charge >= 0.3 is 0 Å². The molecule has 1 rings (SSSR count). The van der Waals surface area contributed by atoms with E-state index in [1.54, 1.807) is 24.3 Å². The topological polar surface area (TPSA) is 70.2 Å². The third-order valence-corrected chi connectivity index (χ3v) is 2.94. The molecular weight excluding hydrogens is 266 g/mol. The molecule has 0 unspecified atom stereocenters. The normalized spacial score (nSPS) is 11.0. The van der Waals surface area contributed by atoms with Crippen LogP contribution in [0.25, 0.3) is 0 Å². The molecule has 0 aliphatic carbocycles. The van der Waals surface area contributed by atoms with Crippen molar-refractivity contribution < 1.29 is 9.59 Å². The van der Waals surface area contributed by atoms with Gasteiger partial charge in [-0.05, 0) is 18.7 Å². The van der Waals surface area contributed by atoms with Crippen LogP contribution in [0.4, 0.5) is 5.69 Å². The average molecular weight is 291 g/mol. The number of carbonyl (C=O) groups excluding carboxylic acids is 2. The molecule has 0 aliphatic heterocycles. The maximum Gasteiger partial charge on any atom is 0.253 e. The Bertz CT molecular complexity index is 493. The highest BCUT2D eigenvalue weighted by atomic mass is 16.2. The van der Waals surface area contributed by atoms with Crippen LogP contribution < -0.4 is 16.0 Å². The van der Waals surface area contributed by atoms with Gasteiger partial charge in [-0.2, -0.15) is 0 Å². The molecule has 0 atom stereocenters. The largest absolute Gasteiger partial charge is 0.351 e. The second kappa shape index (κ2) is 7.78. The lowest BCUT2D eigenvalue weighted by Crippen LogP contribution is -2.33. The highest BCUT2D eigenvalue weighted by Crippen LogP contribution is 2.20. The number of para-hydroxylation sites is 1. The maximum absolute atomic E-state index is 12.2. The summed E-state index contributed by atoms with van der Waals surface area (Å²) < 4.78 is 0. The van der Waals surface area contributed by atoms with Crippen molar-refractivity contribution in [2.45, 2.75) is 27.7 Å². The summed E-state index contributed by atoms with van der Waals surface area (Å²) in [5.74, 6) is -0.298. The summed E-state index contributed by atoms with van der Waals surface area (Å²) in [6.07, 6.45) is 0. The van der Waals surface area contributed by atoms with Crippen LogP contribution in [0.3, 0.4) is 0 Å². The zero-order chi connectivity index (χ0) is 15.9. The van der Waals surface area contributed by atoms with E-state index in [0.717, 1.165) is 13.1 Å². The number of hydrogen-bond acceptors (Lipinski definition) is 3. The van der Waals surface area contributed by atoms with Crippen LogP contribution >= 0.6 is 0 Å². The first kappa shape index (κ1) is 17.2. The molecule has 116 valence electrons. The van der Waals surface area contributed by atoms with Gasteiger partial charge in [0.2, 0.25) is 5.91 Å². The molecule has 0 aromatic heterocycles. The lowest BCUT2D eigenvalue weighted by Gasteiger charge is -2.19. The maximum atomic E-state index is 12.2. The zero-order valence-electron chi connectivity index (χ0n) is 13.2. The molecule has 0 radical (unpaired) electrons. The average Bonchev–Trinajstić information content (AvgIpc) is 2.43. The highest BCUT2D eigenvalue weighted by Gasteiger charge is 2.22. The van der Waals surface area contributed by atoms with Gasteiger partial charge in [0.15, 0.2) is 0 Å². The van der Waals surface area contributed by atoms with Crippen LogP contribution in [-0.2, 0) is 4.79 Å². The molecule has 1 aromatic carbocycles. The molecule has 0 fully saturated rings. The summed E-state index contributed by atoms with van der Waals surface area (Å²) in [7, 11) is 0. The molecule has 2 amide bonds. The third-order valence-electron chi connectivity index (χ3n) is 2.94. The molecule has 5 nitrogen and oxygen atoms in total. The summed E-state index contributed by atoms with van der Waals surface area (Å²) in [6.45, 7) is 9.66. The summed E-state index contributed by atoms with van der Waals surface area (Å²) in [5.41, 5.74) is 0.513. The van der Waals surface area contributed by atoms with E-state index in [4.69, 9.17) is 0 Å².